The third-order valence-electron chi connectivity index (χ3n) is 4.52. The number of furan rings is 1. The molecular formula is C22H21FN2O4. The van der Waals surface area contributed by atoms with Crippen LogP contribution in [0.15, 0.2) is 59.2 Å². The van der Waals surface area contributed by atoms with Crippen molar-refractivity contribution in [1.82, 2.24) is 5.32 Å². The Hall–Kier alpha value is -3.61. The number of ether oxygens (including phenoxy) is 1. The number of carbonyl (C=O) groups excluding carboxylic acids is 2. The van der Waals surface area contributed by atoms with Gasteiger partial charge in [0.25, 0.3) is 11.8 Å². The Kier molecular flexibility index (Phi) is 5.97. The van der Waals surface area contributed by atoms with Crippen molar-refractivity contribution >= 4 is 17.5 Å². The van der Waals surface area contributed by atoms with Crippen LogP contribution < -0.4 is 15.4 Å². The second-order valence-corrected chi connectivity index (χ2v) is 6.55. The SMILES string of the molecule is COc1ccc(C(C)NC(=O)c2ccc(C)c(NC(=O)c3ccco3)c2)cc1F. The van der Waals surface area contributed by atoms with E-state index in [2.05, 4.69) is 10.6 Å². The molecule has 1 aromatic heterocycles. The van der Waals surface area contributed by atoms with Crippen molar-refractivity contribution in [1.29, 1.82) is 0 Å². The van der Waals surface area contributed by atoms with Gasteiger partial charge >= 0.3 is 0 Å². The van der Waals surface area contributed by atoms with Gasteiger partial charge < -0.3 is 19.8 Å². The van der Waals surface area contributed by atoms with E-state index < -0.39 is 17.8 Å². The van der Waals surface area contributed by atoms with Crippen molar-refractivity contribution < 1.29 is 23.1 Å². The zero-order chi connectivity index (χ0) is 21.0. The van der Waals surface area contributed by atoms with E-state index in [0.717, 1.165) is 5.56 Å². The van der Waals surface area contributed by atoms with Gasteiger partial charge in [-0.05, 0) is 61.4 Å². The number of aryl methyl sites for hydroxylation is 1. The summed E-state index contributed by atoms with van der Waals surface area (Å²) in [5.74, 6) is -0.929. The molecule has 7 heteroatoms. The Balaban J connectivity index is 1.73. The predicted octanol–water partition coefficient (Wildman–Crippen LogP) is 4.48. The lowest BCUT2D eigenvalue weighted by Gasteiger charge is -2.16. The summed E-state index contributed by atoms with van der Waals surface area (Å²) in [5, 5.41) is 5.56. The fourth-order valence-corrected chi connectivity index (χ4v) is 2.80. The number of halogens is 1. The number of benzene rings is 2. The minimum Gasteiger partial charge on any atom is -0.494 e. The van der Waals surface area contributed by atoms with Crippen LogP contribution in [-0.2, 0) is 0 Å². The average molecular weight is 396 g/mol. The topological polar surface area (TPSA) is 80.6 Å². The largest absolute Gasteiger partial charge is 0.494 e. The van der Waals surface area contributed by atoms with Gasteiger partial charge in [0.2, 0.25) is 0 Å². The van der Waals surface area contributed by atoms with Crippen LogP contribution in [-0.4, -0.2) is 18.9 Å². The molecule has 2 aromatic carbocycles. The molecule has 0 radical (unpaired) electrons. The third kappa shape index (κ3) is 4.63. The lowest BCUT2D eigenvalue weighted by molar-refractivity contribution is 0.0938. The summed E-state index contributed by atoms with van der Waals surface area (Å²) in [6.45, 7) is 3.58. The van der Waals surface area contributed by atoms with Crippen LogP contribution in [0.1, 0.15) is 45.0 Å². The van der Waals surface area contributed by atoms with Gasteiger partial charge in [-0.25, -0.2) is 4.39 Å². The summed E-state index contributed by atoms with van der Waals surface area (Å²) in [6, 6.07) is 12.3. The molecule has 0 aliphatic carbocycles. The van der Waals surface area contributed by atoms with Crippen LogP contribution in [0.25, 0.3) is 0 Å². The van der Waals surface area contributed by atoms with E-state index in [1.165, 1.54) is 25.5 Å². The maximum Gasteiger partial charge on any atom is 0.291 e. The first-order valence-corrected chi connectivity index (χ1v) is 8.99. The van der Waals surface area contributed by atoms with E-state index >= 15 is 0 Å². The fraction of sp³-hybridized carbons (Fsp3) is 0.182. The third-order valence-corrected chi connectivity index (χ3v) is 4.52. The minimum atomic E-state index is -0.496. The van der Waals surface area contributed by atoms with Crippen molar-refractivity contribution in [3.63, 3.8) is 0 Å². The molecule has 0 saturated heterocycles. The summed E-state index contributed by atoms with van der Waals surface area (Å²) in [4.78, 5) is 24.9. The van der Waals surface area contributed by atoms with Crippen LogP contribution in [0.4, 0.5) is 10.1 Å². The number of rotatable bonds is 6. The second-order valence-electron chi connectivity index (χ2n) is 6.55. The first kappa shape index (κ1) is 20.1. The number of hydrogen-bond acceptors (Lipinski definition) is 4. The van der Waals surface area contributed by atoms with E-state index in [-0.39, 0.29) is 17.4 Å². The number of anilines is 1. The molecule has 0 fully saturated rings. The van der Waals surface area contributed by atoms with E-state index in [4.69, 9.17) is 9.15 Å². The number of nitrogens with one attached hydrogen (secondary N) is 2. The van der Waals surface area contributed by atoms with E-state index in [1.807, 2.05) is 6.92 Å². The fourth-order valence-electron chi connectivity index (χ4n) is 2.80. The quantitative estimate of drug-likeness (QED) is 0.644. The summed E-state index contributed by atoms with van der Waals surface area (Å²) in [7, 11) is 1.39. The van der Waals surface area contributed by atoms with E-state index in [9.17, 15) is 14.0 Å². The number of hydrogen-bond donors (Lipinski definition) is 2. The highest BCUT2D eigenvalue weighted by molar-refractivity contribution is 6.04. The zero-order valence-electron chi connectivity index (χ0n) is 16.3. The molecule has 0 spiro atoms. The van der Waals surface area contributed by atoms with Gasteiger partial charge in [-0.2, -0.15) is 0 Å². The molecule has 0 saturated carbocycles. The standard InChI is InChI=1S/C22H21FN2O4/c1-13-6-7-16(12-18(13)25-22(27)20-5-4-10-29-20)21(26)24-14(2)15-8-9-19(28-3)17(23)11-15/h4-12,14H,1-3H3,(H,24,26)(H,25,27). The Labute approximate surface area is 167 Å². The number of methoxy groups -OCH3 is 1. The smallest absolute Gasteiger partial charge is 0.291 e. The normalized spacial score (nSPS) is 11.6. The van der Waals surface area contributed by atoms with Crippen LogP contribution in [0.2, 0.25) is 0 Å². The molecule has 0 aliphatic heterocycles. The lowest BCUT2D eigenvalue weighted by Crippen LogP contribution is -2.27. The Morgan fingerprint density at radius 2 is 1.90 bits per heavy atom. The Bertz CT molecular complexity index is 1030. The van der Waals surface area contributed by atoms with Gasteiger partial charge in [-0.3, -0.25) is 9.59 Å². The van der Waals surface area contributed by atoms with Gasteiger partial charge in [0.15, 0.2) is 17.3 Å². The Morgan fingerprint density at radius 1 is 1.10 bits per heavy atom. The highest BCUT2D eigenvalue weighted by Crippen LogP contribution is 2.23. The van der Waals surface area contributed by atoms with Crippen molar-refractivity contribution in [2.45, 2.75) is 19.9 Å². The molecular weight excluding hydrogens is 375 g/mol. The molecule has 1 atom stereocenters. The summed E-state index contributed by atoms with van der Waals surface area (Å²) < 4.78 is 23.9. The summed E-state index contributed by atoms with van der Waals surface area (Å²) in [6.07, 6.45) is 1.41. The van der Waals surface area contributed by atoms with E-state index in [0.29, 0.717) is 16.8 Å². The maximum absolute atomic E-state index is 13.9. The van der Waals surface area contributed by atoms with Gasteiger partial charge in [-0.15, -0.1) is 0 Å². The van der Waals surface area contributed by atoms with Crippen LogP contribution in [0.3, 0.4) is 0 Å². The molecule has 2 N–H and O–H groups in total. The van der Waals surface area contributed by atoms with Crippen molar-refractivity contribution in [2.75, 3.05) is 12.4 Å². The van der Waals surface area contributed by atoms with Gasteiger partial charge in [-0.1, -0.05) is 12.1 Å². The van der Waals surface area contributed by atoms with Crippen molar-refractivity contribution in [3.05, 3.63) is 83.1 Å². The van der Waals surface area contributed by atoms with Crippen molar-refractivity contribution in [3.8, 4) is 5.75 Å². The molecule has 6 nitrogen and oxygen atoms in total. The first-order chi connectivity index (χ1) is 13.9. The monoisotopic (exact) mass is 396 g/mol. The molecule has 150 valence electrons. The van der Waals surface area contributed by atoms with Crippen molar-refractivity contribution in [2.24, 2.45) is 0 Å². The molecule has 0 aliphatic rings. The Morgan fingerprint density at radius 3 is 2.55 bits per heavy atom. The zero-order valence-corrected chi connectivity index (χ0v) is 16.3. The van der Waals surface area contributed by atoms with Crippen LogP contribution in [0, 0.1) is 12.7 Å². The molecule has 1 heterocycles. The highest BCUT2D eigenvalue weighted by Gasteiger charge is 2.16. The minimum absolute atomic E-state index is 0.141. The molecule has 3 aromatic rings. The summed E-state index contributed by atoms with van der Waals surface area (Å²) >= 11 is 0. The highest BCUT2D eigenvalue weighted by atomic mass is 19.1. The van der Waals surface area contributed by atoms with Crippen LogP contribution in [0.5, 0.6) is 5.75 Å². The van der Waals surface area contributed by atoms with Gasteiger partial charge in [0, 0.05) is 11.3 Å². The molecule has 0 bridgehead atoms. The van der Waals surface area contributed by atoms with Crippen LogP contribution >= 0.6 is 0 Å². The molecule has 3 rings (SSSR count). The van der Waals surface area contributed by atoms with E-state index in [1.54, 1.807) is 43.3 Å². The average Bonchev–Trinajstić information content (AvgIpc) is 3.24. The molecule has 29 heavy (non-hydrogen) atoms. The maximum atomic E-state index is 13.9. The molecule has 2 amide bonds. The lowest BCUT2D eigenvalue weighted by atomic mass is 10.1. The number of carbonyl (C=O) groups is 2. The van der Waals surface area contributed by atoms with Gasteiger partial charge in [0.05, 0.1) is 19.4 Å². The predicted molar refractivity (Wildman–Crippen MR) is 107 cm³/mol. The first-order valence-electron chi connectivity index (χ1n) is 8.99. The molecule has 1 unspecified atom stereocenters. The second kappa shape index (κ2) is 8.60. The summed E-state index contributed by atoms with van der Waals surface area (Å²) in [5.41, 5.74) is 2.27. The van der Waals surface area contributed by atoms with Gasteiger partial charge in [0.1, 0.15) is 0 Å². The number of amides is 2.